The van der Waals surface area contributed by atoms with Crippen LogP contribution in [0.25, 0.3) is 11.1 Å². The third kappa shape index (κ3) is 6.21. The Kier molecular flexibility index (Phi) is 8.06. The molecule has 7 nitrogen and oxygen atoms in total. The van der Waals surface area contributed by atoms with Crippen molar-refractivity contribution in [2.45, 2.75) is 44.9 Å². The summed E-state index contributed by atoms with van der Waals surface area (Å²) in [7, 11) is 0. The van der Waals surface area contributed by atoms with Gasteiger partial charge in [-0.05, 0) is 59.8 Å². The van der Waals surface area contributed by atoms with Crippen LogP contribution in [-0.2, 0) is 14.3 Å². The summed E-state index contributed by atoms with van der Waals surface area (Å²) >= 11 is 0. The first-order valence-corrected chi connectivity index (χ1v) is 12.5. The summed E-state index contributed by atoms with van der Waals surface area (Å²) < 4.78 is 5.62. The van der Waals surface area contributed by atoms with Crippen molar-refractivity contribution < 1.29 is 24.2 Å². The van der Waals surface area contributed by atoms with Gasteiger partial charge in [0.05, 0.1) is 5.92 Å². The SMILES string of the molecule is CC(CCNC(=O)CC1CCC(CNC(=O)OCC2c3ccccc3-c3ccccc32)C1)C(=O)O. The van der Waals surface area contributed by atoms with E-state index < -0.39 is 18.0 Å². The van der Waals surface area contributed by atoms with Gasteiger partial charge in [-0.2, -0.15) is 0 Å². The number of benzene rings is 2. The third-order valence-electron chi connectivity index (χ3n) is 7.32. The number of carbonyl (C=O) groups excluding carboxylic acids is 2. The van der Waals surface area contributed by atoms with Crippen molar-refractivity contribution in [2.24, 2.45) is 17.8 Å². The molecule has 1 saturated carbocycles. The summed E-state index contributed by atoms with van der Waals surface area (Å²) in [5, 5.41) is 14.6. The van der Waals surface area contributed by atoms with Crippen molar-refractivity contribution in [3.63, 3.8) is 0 Å². The molecule has 0 bridgehead atoms. The van der Waals surface area contributed by atoms with Crippen LogP contribution in [0.1, 0.15) is 56.1 Å². The van der Waals surface area contributed by atoms with E-state index in [1.807, 2.05) is 24.3 Å². The first-order valence-electron chi connectivity index (χ1n) is 12.5. The highest BCUT2D eigenvalue weighted by Gasteiger charge is 2.30. The number of fused-ring (bicyclic) bond motifs is 3. The molecule has 4 rings (SSSR count). The molecule has 2 aromatic carbocycles. The van der Waals surface area contributed by atoms with Gasteiger partial charge >= 0.3 is 12.1 Å². The average molecular weight is 479 g/mol. The molecule has 186 valence electrons. The Bertz CT molecular complexity index is 1020. The molecule has 1 fully saturated rings. The van der Waals surface area contributed by atoms with Gasteiger partial charge in [-0.1, -0.05) is 55.5 Å². The van der Waals surface area contributed by atoms with Crippen LogP contribution in [0.4, 0.5) is 4.79 Å². The molecule has 0 heterocycles. The van der Waals surface area contributed by atoms with E-state index in [-0.39, 0.29) is 11.8 Å². The van der Waals surface area contributed by atoms with Crippen molar-refractivity contribution >= 4 is 18.0 Å². The topological polar surface area (TPSA) is 105 Å². The second kappa shape index (κ2) is 11.4. The maximum Gasteiger partial charge on any atom is 0.407 e. The van der Waals surface area contributed by atoms with Gasteiger partial charge in [-0.25, -0.2) is 4.79 Å². The molecule has 3 N–H and O–H groups in total. The fraction of sp³-hybridized carbons (Fsp3) is 0.464. The van der Waals surface area contributed by atoms with Crippen LogP contribution in [-0.4, -0.2) is 42.8 Å². The lowest BCUT2D eigenvalue weighted by Crippen LogP contribution is -2.30. The predicted molar refractivity (Wildman–Crippen MR) is 133 cm³/mol. The molecule has 2 aliphatic carbocycles. The Morgan fingerprint density at radius 1 is 0.971 bits per heavy atom. The predicted octanol–water partition coefficient (Wildman–Crippen LogP) is 4.56. The van der Waals surface area contributed by atoms with Crippen LogP contribution in [0.2, 0.25) is 0 Å². The maximum atomic E-state index is 12.4. The largest absolute Gasteiger partial charge is 0.481 e. The molecule has 0 aliphatic heterocycles. The van der Waals surface area contributed by atoms with Crippen LogP contribution in [0, 0.1) is 17.8 Å². The fourth-order valence-electron chi connectivity index (χ4n) is 5.31. The molecule has 0 spiro atoms. The van der Waals surface area contributed by atoms with E-state index in [0.29, 0.717) is 44.4 Å². The Labute approximate surface area is 206 Å². The zero-order valence-electron chi connectivity index (χ0n) is 20.2. The van der Waals surface area contributed by atoms with E-state index in [0.717, 1.165) is 19.3 Å². The number of rotatable bonds is 10. The number of amides is 2. The molecule has 3 unspecified atom stereocenters. The number of ether oxygens (including phenoxy) is 1. The second-order valence-corrected chi connectivity index (χ2v) is 9.83. The van der Waals surface area contributed by atoms with E-state index in [9.17, 15) is 14.4 Å². The van der Waals surface area contributed by atoms with Gasteiger partial charge in [0.1, 0.15) is 6.61 Å². The number of carbonyl (C=O) groups is 3. The van der Waals surface area contributed by atoms with E-state index in [1.165, 1.54) is 22.3 Å². The van der Waals surface area contributed by atoms with Crippen LogP contribution in [0.5, 0.6) is 0 Å². The summed E-state index contributed by atoms with van der Waals surface area (Å²) in [5.74, 6) is -0.669. The molecule has 7 heteroatoms. The Hall–Kier alpha value is -3.35. The van der Waals surface area contributed by atoms with Gasteiger partial charge in [0.25, 0.3) is 0 Å². The van der Waals surface area contributed by atoms with Gasteiger partial charge in [-0.3, -0.25) is 9.59 Å². The first-order chi connectivity index (χ1) is 16.9. The molecular formula is C28H34N2O5. The van der Waals surface area contributed by atoms with E-state index in [2.05, 4.69) is 34.9 Å². The smallest absolute Gasteiger partial charge is 0.407 e. The lowest BCUT2D eigenvalue weighted by atomic mass is 9.98. The summed E-state index contributed by atoms with van der Waals surface area (Å²) in [6, 6.07) is 16.5. The maximum absolute atomic E-state index is 12.4. The lowest BCUT2D eigenvalue weighted by molar-refractivity contribution is -0.141. The van der Waals surface area contributed by atoms with E-state index >= 15 is 0 Å². The highest BCUT2D eigenvalue weighted by molar-refractivity contribution is 5.79. The molecule has 0 radical (unpaired) electrons. The molecule has 2 aliphatic rings. The number of hydrogen-bond donors (Lipinski definition) is 3. The van der Waals surface area contributed by atoms with Crippen molar-refractivity contribution in [1.29, 1.82) is 0 Å². The quantitative estimate of drug-likeness (QED) is 0.464. The van der Waals surface area contributed by atoms with Crippen molar-refractivity contribution in [3.05, 3.63) is 59.7 Å². The molecular weight excluding hydrogens is 444 g/mol. The Balaban J connectivity index is 1.17. The fourth-order valence-corrected chi connectivity index (χ4v) is 5.31. The number of alkyl carbamates (subject to hydrolysis) is 1. The molecule has 35 heavy (non-hydrogen) atoms. The van der Waals surface area contributed by atoms with Gasteiger partial charge in [-0.15, -0.1) is 0 Å². The highest BCUT2D eigenvalue weighted by Crippen LogP contribution is 2.44. The highest BCUT2D eigenvalue weighted by atomic mass is 16.5. The average Bonchev–Trinajstić information content (AvgIpc) is 3.43. The summed E-state index contributed by atoms with van der Waals surface area (Å²) in [4.78, 5) is 35.4. The van der Waals surface area contributed by atoms with E-state index in [1.54, 1.807) is 6.92 Å². The normalized spacial score (nSPS) is 19.5. The zero-order chi connectivity index (χ0) is 24.8. The van der Waals surface area contributed by atoms with Crippen LogP contribution in [0.15, 0.2) is 48.5 Å². The number of carboxylic acid groups (broad SMARTS) is 1. The molecule has 0 aromatic heterocycles. The lowest BCUT2D eigenvalue weighted by Gasteiger charge is -2.16. The number of nitrogens with one attached hydrogen (secondary N) is 2. The Morgan fingerprint density at radius 2 is 1.60 bits per heavy atom. The van der Waals surface area contributed by atoms with Gasteiger partial charge in [0, 0.05) is 25.4 Å². The summed E-state index contributed by atoms with van der Waals surface area (Å²) in [5.41, 5.74) is 4.79. The minimum absolute atomic E-state index is 0.0299. The molecule has 3 atom stereocenters. The minimum Gasteiger partial charge on any atom is -0.481 e. The zero-order valence-corrected chi connectivity index (χ0v) is 20.2. The minimum atomic E-state index is -0.846. The van der Waals surface area contributed by atoms with Gasteiger partial charge < -0.3 is 20.5 Å². The van der Waals surface area contributed by atoms with Crippen LogP contribution in [0.3, 0.4) is 0 Å². The monoisotopic (exact) mass is 478 g/mol. The first kappa shape index (κ1) is 24.8. The van der Waals surface area contributed by atoms with Gasteiger partial charge in [0.2, 0.25) is 5.91 Å². The standard InChI is InChI=1S/C28H34N2O5/c1-18(27(32)33)12-13-29-26(31)15-19-10-11-20(14-19)16-30-28(34)35-17-25-23-8-4-2-6-21(23)22-7-3-5-9-24(22)25/h2-9,18-20,25H,10-17H2,1H3,(H,29,31)(H,30,34)(H,32,33). The number of aliphatic carboxylic acids is 1. The van der Waals surface area contributed by atoms with Crippen LogP contribution < -0.4 is 10.6 Å². The molecule has 2 aromatic rings. The van der Waals surface area contributed by atoms with Crippen molar-refractivity contribution in [1.82, 2.24) is 10.6 Å². The van der Waals surface area contributed by atoms with Crippen LogP contribution >= 0.6 is 0 Å². The molecule has 2 amide bonds. The van der Waals surface area contributed by atoms with E-state index in [4.69, 9.17) is 9.84 Å². The Morgan fingerprint density at radius 3 is 2.26 bits per heavy atom. The number of hydrogen-bond acceptors (Lipinski definition) is 4. The molecule has 0 saturated heterocycles. The van der Waals surface area contributed by atoms with Crippen molar-refractivity contribution in [2.75, 3.05) is 19.7 Å². The second-order valence-electron chi connectivity index (χ2n) is 9.83. The number of carboxylic acids is 1. The van der Waals surface area contributed by atoms with Crippen molar-refractivity contribution in [3.8, 4) is 11.1 Å². The van der Waals surface area contributed by atoms with Gasteiger partial charge in [0.15, 0.2) is 0 Å². The third-order valence-corrected chi connectivity index (χ3v) is 7.32. The summed E-state index contributed by atoms with van der Waals surface area (Å²) in [6.45, 7) is 2.87. The summed E-state index contributed by atoms with van der Waals surface area (Å²) in [6.07, 6.45) is 3.29.